The number of hydrogen-bond acceptors (Lipinski definition) is 5. The lowest BCUT2D eigenvalue weighted by Crippen LogP contribution is -2.32. The number of sulfonamides is 1. The monoisotopic (exact) mass is 379 g/mol. The molecule has 2 aromatic rings. The first-order valence-corrected chi connectivity index (χ1v) is 10.6. The third-order valence-electron chi connectivity index (χ3n) is 4.14. The molecule has 134 valence electrons. The zero-order chi connectivity index (χ0) is 17.9. The van der Waals surface area contributed by atoms with E-state index in [0.717, 1.165) is 30.7 Å². The SMILES string of the molecule is Cc1ncc(C(=O)Nc2cccc(S(=O)(=O)N3CCCCCC3)c2)s1. The van der Waals surface area contributed by atoms with Gasteiger partial charge in [0, 0.05) is 18.8 Å². The summed E-state index contributed by atoms with van der Waals surface area (Å²) >= 11 is 1.30. The predicted octanol–water partition coefficient (Wildman–Crippen LogP) is 3.27. The van der Waals surface area contributed by atoms with Gasteiger partial charge in [0.2, 0.25) is 10.0 Å². The molecule has 1 N–H and O–H groups in total. The van der Waals surface area contributed by atoms with E-state index in [1.165, 1.54) is 23.6 Å². The number of nitrogens with zero attached hydrogens (tertiary/aromatic N) is 2. The van der Waals surface area contributed by atoms with Gasteiger partial charge < -0.3 is 5.32 Å². The molecular weight excluding hydrogens is 358 g/mol. The summed E-state index contributed by atoms with van der Waals surface area (Å²) in [7, 11) is -3.53. The normalized spacial score (nSPS) is 16.4. The van der Waals surface area contributed by atoms with Gasteiger partial charge in [0.05, 0.1) is 16.1 Å². The van der Waals surface area contributed by atoms with Crippen molar-refractivity contribution >= 4 is 33.0 Å². The quantitative estimate of drug-likeness (QED) is 0.884. The van der Waals surface area contributed by atoms with Crippen LogP contribution in [0.2, 0.25) is 0 Å². The highest BCUT2D eigenvalue weighted by Gasteiger charge is 2.25. The fourth-order valence-corrected chi connectivity index (χ4v) is 5.06. The molecule has 0 saturated carbocycles. The lowest BCUT2D eigenvalue weighted by molar-refractivity contribution is 0.103. The molecule has 0 bridgehead atoms. The van der Waals surface area contributed by atoms with Gasteiger partial charge in [0.15, 0.2) is 0 Å². The number of rotatable bonds is 4. The smallest absolute Gasteiger partial charge is 0.267 e. The Hall–Kier alpha value is -1.77. The third kappa shape index (κ3) is 4.26. The van der Waals surface area contributed by atoms with Crippen molar-refractivity contribution in [3.8, 4) is 0 Å². The maximum Gasteiger partial charge on any atom is 0.267 e. The molecule has 1 aliphatic rings. The maximum absolute atomic E-state index is 12.9. The Morgan fingerprint density at radius 3 is 2.56 bits per heavy atom. The number of amides is 1. The number of anilines is 1. The van der Waals surface area contributed by atoms with Crippen molar-refractivity contribution in [1.29, 1.82) is 0 Å². The van der Waals surface area contributed by atoms with Gasteiger partial charge in [-0.15, -0.1) is 11.3 Å². The van der Waals surface area contributed by atoms with E-state index >= 15 is 0 Å². The molecule has 3 rings (SSSR count). The number of hydrogen-bond donors (Lipinski definition) is 1. The van der Waals surface area contributed by atoms with E-state index in [1.54, 1.807) is 22.5 Å². The second-order valence-electron chi connectivity index (χ2n) is 6.04. The number of aromatic nitrogens is 1. The van der Waals surface area contributed by atoms with Gasteiger partial charge in [-0.3, -0.25) is 4.79 Å². The van der Waals surface area contributed by atoms with Crippen LogP contribution in [0.15, 0.2) is 35.4 Å². The number of carbonyl (C=O) groups is 1. The molecule has 0 unspecified atom stereocenters. The van der Waals surface area contributed by atoms with Crippen LogP contribution < -0.4 is 5.32 Å². The van der Waals surface area contributed by atoms with E-state index < -0.39 is 10.0 Å². The van der Waals surface area contributed by atoms with E-state index in [2.05, 4.69) is 10.3 Å². The fourth-order valence-electron chi connectivity index (χ4n) is 2.82. The maximum atomic E-state index is 12.9. The van der Waals surface area contributed by atoms with Gasteiger partial charge in [-0.1, -0.05) is 18.9 Å². The molecule has 2 heterocycles. The molecule has 0 radical (unpaired) electrons. The lowest BCUT2D eigenvalue weighted by atomic mass is 10.2. The van der Waals surface area contributed by atoms with Crippen molar-refractivity contribution in [3.63, 3.8) is 0 Å². The molecule has 1 aliphatic heterocycles. The highest BCUT2D eigenvalue weighted by molar-refractivity contribution is 7.89. The van der Waals surface area contributed by atoms with Crippen LogP contribution in [-0.4, -0.2) is 36.7 Å². The molecule has 1 amide bonds. The molecule has 1 fully saturated rings. The first kappa shape index (κ1) is 18.0. The highest BCUT2D eigenvalue weighted by Crippen LogP contribution is 2.23. The number of benzene rings is 1. The van der Waals surface area contributed by atoms with Crippen LogP contribution in [0, 0.1) is 6.92 Å². The second kappa shape index (κ2) is 7.63. The molecule has 0 spiro atoms. The van der Waals surface area contributed by atoms with Gasteiger partial charge in [-0.05, 0) is 38.0 Å². The van der Waals surface area contributed by atoms with E-state index in [0.29, 0.717) is 23.7 Å². The minimum atomic E-state index is -3.53. The van der Waals surface area contributed by atoms with Crippen LogP contribution in [-0.2, 0) is 10.0 Å². The molecule has 25 heavy (non-hydrogen) atoms. The van der Waals surface area contributed by atoms with Gasteiger partial charge in [-0.2, -0.15) is 4.31 Å². The fraction of sp³-hybridized carbons (Fsp3) is 0.412. The topological polar surface area (TPSA) is 79.4 Å². The van der Waals surface area contributed by atoms with Crippen molar-refractivity contribution in [2.24, 2.45) is 0 Å². The average molecular weight is 380 g/mol. The molecule has 1 aromatic heterocycles. The Morgan fingerprint density at radius 1 is 1.20 bits per heavy atom. The second-order valence-corrected chi connectivity index (χ2v) is 9.22. The Morgan fingerprint density at radius 2 is 1.92 bits per heavy atom. The van der Waals surface area contributed by atoms with Gasteiger partial charge in [-0.25, -0.2) is 13.4 Å². The predicted molar refractivity (Wildman–Crippen MR) is 98.5 cm³/mol. The Balaban J connectivity index is 1.79. The van der Waals surface area contributed by atoms with Crippen molar-refractivity contribution in [2.75, 3.05) is 18.4 Å². The lowest BCUT2D eigenvalue weighted by Gasteiger charge is -2.20. The Kier molecular flexibility index (Phi) is 5.51. The van der Waals surface area contributed by atoms with E-state index in [4.69, 9.17) is 0 Å². The van der Waals surface area contributed by atoms with E-state index in [1.807, 2.05) is 6.92 Å². The van der Waals surface area contributed by atoms with Crippen molar-refractivity contribution < 1.29 is 13.2 Å². The van der Waals surface area contributed by atoms with Crippen molar-refractivity contribution in [2.45, 2.75) is 37.5 Å². The first-order valence-electron chi connectivity index (χ1n) is 8.31. The minimum Gasteiger partial charge on any atom is -0.321 e. The number of thiazole rings is 1. The third-order valence-corrected chi connectivity index (χ3v) is 6.95. The standard InChI is InChI=1S/C17H21N3O3S2/c1-13-18-12-16(24-13)17(21)19-14-7-6-8-15(11-14)25(22,23)20-9-4-2-3-5-10-20/h6-8,11-12H,2-5,9-10H2,1H3,(H,19,21). The largest absolute Gasteiger partial charge is 0.321 e. The number of nitrogens with one attached hydrogen (secondary N) is 1. The summed E-state index contributed by atoms with van der Waals surface area (Å²) in [5, 5.41) is 3.56. The molecule has 0 aliphatic carbocycles. The zero-order valence-electron chi connectivity index (χ0n) is 14.1. The summed E-state index contributed by atoms with van der Waals surface area (Å²) in [6, 6.07) is 6.43. The number of carbonyl (C=O) groups excluding carboxylic acids is 1. The van der Waals surface area contributed by atoms with E-state index in [9.17, 15) is 13.2 Å². The average Bonchev–Trinajstić information content (AvgIpc) is 2.85. The van der Waals surface area contributed by atoms with Crippen LogP contribution in [0.5, 0.6) is 0 Å². The van der Waals surface area contributed by atoms with Gasteiger partial charge in [0.25, 0.3) is 5.91 Å². The minimum absolute atomic E-state index is 0.215. The van der Waals surface area contributed by atoms with Crippen LogP contribution in [0.1, 0.15) is 40.4 Å². The van der Waals surface area contributed by atoms with Gasteiger partial charge >= 0.3 is 0 Å². The molecule has 6 nitrogen and oxygen atoms in total. The first-order chi connectivity index (χ1) is 12.0. The molecule has 8 heteroatoms. The molecule has 0 atom stereocenters. The highest BCUT2D eigenvalue weighted by atomic mass is 32.2. The van der Waals surface area contributed by atoms with Crippen LogP contribution in [0.4, 0.5) is 5.69 Å². The Labute approximate surface area is 151 Å². The van der Waals surface area contributed by atoms with E-state index in [-0.39, 0.29) is 10.8 Å². The van der Waals surface area contributed by atoms with Crippen LogP contribution in [0.25, 0.3) is 0 Å². The summed E-state index contributed by atoms with van der Waals surface area (Å²) in [5.74, 6) is -0.282. The number of aryl methyl sites for hydroxylation is 1. The summed E-state index contributed by atoms with van der Waals surface area (Å²) in [6.07, 6.45) is 5.43. The summed E-state index contributed by atoms with van der Waals surface area (Å²) in [4.78, 5) is 17.0. The van der Waals surface area contributed by atoms with Crippen molar-refractivity contribution in [3.05, 3.63) is 40.3 Å². The van der Waals surface area contributed by atoms with Crippen LogP contribution in [0.3, 0.4) is 0 Å². The van der Waals surface area contributed by atoms with Crippen LogP contribution >= 0.6 is 11.3 Å². The zero-order valence-corrected chi connectivity index (χ0v) is 15.7. The molecule has 1 aromatic carbocycles. The van der Waals surface area contributed by atoms with Crippen molar-refractivity contribution in [1.82, 2.24) is 9.29 Å². The summed E-state index contributed by atoms with van der Waals surface area (Å²) < 4.78 is 27.3. The molecule has 1 saturated heterocycles. The summed E-state index contributed by atoms with van der Waals surface area (Å²) in [6.45, 7) is 2.94. The summed E-state index contributed by atoms with van der Waals surface area (Å²) in [5.41, 5.74) is 0.465. The van der Waals surface area contributed by atoms with Gasteiger partial charge in [0.1, 0.15) is 4.88 Å². The Bertz CT molecular complexity index is 854. The molecular formula is C17H21N3O3S2.